The van der Waals surface area contributed by atoms with Crippen LogP contribution in [-0.2, 0) is 5.41 Å². The molecule has 0 unspecified atom stereocenters. The molecule has 0 saturated carbocycles. The first-order valence-electron chi connectivity index (χ1n) is 8.04. The molecule has 2 aromatic rings. The van der Waals surface area contributed by atoms with Gasteiger partial charge in [-0.2, -0.15) is 26.3 Å². The van der Waals surface area contributed by atoms with Gasteiger partial charge in [0.2, 0.25) is 5.41 Å². The second-order valence-corrected chi connectivity index (χ2v) is 6.17. The predicted molar refractivity (Wildman–Crippen MR) is 95.6 cm³/mol. The Morgan fingerprint density at radius 2 is 1.03 bits per heavy atom. The minimum atomic E-state index is -6.06. The summed E-state index contributed by atoms with van der Waals surface area (Å²) in [6, 6.07) is 2.75. The molecule has 160 valence electrons. The monoisotopic (exact) mass is 440 g/mol. The van der Waals surface area contributed by atoms with Gasteiger partial charge in [0.1, 0.15) is 0 Å². The van der Waals surface area contributed by atoms with Crippen LogP contribution in [0.4, 0.5) is 26.3 Å². The standard InChI is InChI=1S/C21H10F6O4/c1-3-11-9-13(17(28)29)5-7-15(11)19(20(22,23)24,21(25,26)27)16-8-6-14(18(30)31)10-12(16)4-2/h1-2,5-10H,(H,28,29)(H,30,31). The summed E-state index contributed by atoms with van der Waals surface area (Å²) in [6.45, 7) is 0. The molecule has 31 heavy (non-hydrogen) atoms. The largest absolute Gasteiger partial charge is 0.478 e. The van der Waals surface area contributed by atoms with Gasteiger partial charge in [-0.3, -0.25) is 0 Å². The van der Waals surface area contributed by atoms with Crippen LogP contribution >= 0.6 is 0 Å². The number of benzene rings is 2. The van der Waals surface area contributed by atoms with E-state index in [2.05, 4.69) is 0 Å². The first-order chi connectivity index (χ1) is 14.2. The number of carbonyl (C=O) groups is 2. The number of hydrogen-bond donors (Lipinski definition) is 2. The van der Waals surface area contributed by atoms with E-state index < -0.39 is 63.1 Å². The van der Waals surface area contributed by atoms with Crippen LogP contribution in [0, 0.1) is 24.7 Å². The molecule has 0 aliphatic heterocycles. The molecule has 4 nitrogen and oxygen atoms in total. The van der Waals surface area contributed by atoms with Crippen LogP contribution in [0.5, 0.6) is 0 Å². The van der Waals surface area contributed by atoms with Crippen molar-refractivity contribution in [1.29, 1.82) is 0 Å². The van der Waals surface area contributed by atoms with Crippen molar-refractivity contribution >= 4 is 11.9 Å². The number of halogens is 6. The minimum Gasteiger partial charge on any atom is -0.478 e. The number of aromatic carboxylic acids is 2. The zero-order chi connectivity index (χ0) is 23.8. The van der Waals surface area contributed by atoms with Gasteiger partial charge in [0.25, 0.3) is 0 Å². The van der Waals surface area contributed by atoms with Crippen LogP contribution < -0.4 is 0 Å². The number of terminal acetylenes is 2. The quantitative estimate of drug-likeness (QED) is 0.544. The topological polar surface area (TPSA) is 74.6 Å². The molecule has 0 atom stereocenters. The van der Waals surface area contributed by atoms with Crippen molar-refractivity contribution < 1.29 is 46.1 Å². The van der Waals surface area contributed by atoms with Gasteiger partial charge in [-0.25, -0.2) is 9.59 Å². The molecule has 0 fully saturated rings. The highest BCUT2D eigenvalue weighted by atomic mass is 19.4. The molecular formula is C21H10F6O4. The van der Waals surface area contributed by atoms with E-state index in [9.17, 15) is 35.9 Å². The Labute approximate surface area is 171 Å². The highest BCUT2D eigenvalue weighted by Gasteiger charge is 2.73. The average Bonchev–Trinajstić information content (AvgIpc) is 2.66. The molecule has 0 amide bonds. The fourth-order valence-corrected chi connectivity index (χ4v) is 3.16. The molecule has 2 aromatic carbocycles. The summed E-state index contributed by atoms with van der Waals surface area (Å²) >= 11 is 0. The Bertz CT molecular complexity index is 1050. The average molecular weight is 440 g/mol. The van der Waals surface area contributed by atoms with Gasteiger partial charge >= 0.3 is 24.3 Å². The number of alkyl halides is 6. The van der Waals surface area contributed by atoms with E-state index in [1.165, 1.54) is 0 Å². The second-order valence-electron chi connectivity index (χ2n) is 6.17. The third-order valence-corrected chi connectivity index (χ3v) is 4.50. The van der Waals surface area contributed by atoms with E-state index in [0.717, 1.165) is 0 Å². The molecular weight excluding hydrogens is 430 g/mol. The molecule has 0 spiro atoms. The second kappa shape index (κ2) is 7.73. The van der Waals surface area contributed by atoms with Crippen LogP contribution in [0.1, 0.15) is 43.0 Å². The summed E-state index contributed by atoms with van der Waals surface area (Å²) in [5.41, 5.74) is -10.9. The van der Waals surface area contributed by atoms with Crippen molar-refractivity contribution in [3.05, 3.63) is 69.8 Å². The van der Waals surface area contributed by atoms with Crippen molar-refractivity contribution in [2.24, 2.45) is 0 Å². The SMILES string of the molecule is C#Cc1cc(C(=O)O)ccc1C(c1ccc(C(=O)O)cc1C#C)(C(F)(F)F)C(F)(F)F. The summed E-state index contributed by atoms with van der Waals surface area (Å²) in [4.78, 5) is 22.2. The normalized spacial score (nSPS) is 12.0. The van der Waals surface area contributed by atoms with E-state index in [-0.39, 0.29) is 0 Å². The van der Waals surface area contributed by atoms with Crippen LogP contribution in [0.2, 0.25) is 0 Å². The zero-order valence-corrected chi connectivity index (χ0v) is 15.1. The fraction of sp³-hybridized carbons (Fsp3) is 0.143. The summed E-state index contributed by atoms with van der Waals surface area (Å²) < 4.78 is 85.8. The summed E-state index contributed by atoms with van der Waals surface area (Å²) in [6.07, 6.45) is -1.88. The molecule has 0 saturated heterocycles. The van der Waals surface area contributed by atoms with Gasteiger partial charge in [0, 0.05) is 11.1 Å². The Morgan fingerprint density at radius 3 is 1.26 bits per heavy atom. The van der Waals surface area contributed by atoms with Crippen LogP contribution in [0.25, 0.3) is 0 Å². The van der Waals surface area contributed by atoms with Gasteiger partial charge in [-0.15, -0.1) is 12.8 Å². The molecule has 0 bridgehead atoms. The highest BCUT2D eigenvalue weighted by Crippen LogP contribution is 2.57. The Morgan fingerprint density at radius 1 is 0.710 bits per heavy atom. The summed E-state index contributed by atoms with van der Waals surface area (Å²) in [5.74, 6) is 0.0912. The van der Waals surface area contributed by atoms with Gasteiger partial charge < -0.3 is 10.2 Å². The molecule has 0 aromatic heterocycles. The highest BCUT2D eigenvalue weighted by molar-refractivity contribution is 5.89. The van der Waals surface area contributed by atoms with Crippen molar-refractivity contribution in [2.45, 2.75) is 17.8 Å². The lowest BCUT2D eigenvalue weighted by Gasteiger charge is -2.39. The summed E-state index contributed by atoms with van der Waals surface area (Å²) in [5, 5.41) is 18.0. The van der Waals surface area contributed by atoms with Crippen molar-refractivity contribution in [2.75, 3.05) is 0 Å². The lowest BCUT2D eigenvalue weighted by Crippen LogP contribution is -2.55. The smallest absolute Gasteiger partial charge is 0.411 e. The number of hydrogen-bond acceptors (Lipinski definition) is 2. The number of rotatable bonds is 4. The van der Waals surface area contributed by atoms with Crippen LogP contribution in [0.15, 0.2) is 36.4 Å². The van der Waals surface area contributed by atoms with E-state index in [0.29, 0.717) is 36.4 Å². The van der Waals surface area contributed by atoms with Crippen molar-refractivity contribution in [3.63, 3.8) is 0 Å². The zero-order valence-electron chi connectivity index (χ0n) is 15.1. The van der Waals surface area contributed by atoms with Crippen molar-refractivity contribution in [1.82, 2.24) is 0 Å². The summed E-state index contributed by atoms with van der Waals surface area (Å²) in [7, 11) is 0. The van der Waals surface area contributed by atoms with E-state index in [1.54, 1.807) is 11.8 Å². The van der Waals surface area contributed by atoms with Gasteiger partial charge in [0.05, 0.1) is 11.1 Å². The Kier molecular flexibility index (Phi) is 5.82. The van der Waals surface area contributed by atoms with E-state index in [1.807, 2.05) is 0 Å². The van der Waals surface area contributed by atoms with Gasteiger partial charge in [0.15, 0.2) is 0 Å². The molecule has 0 radical (unpaired) electrons. The third-order valence-electron chi connectivity index (χ3n) is 4.50. The maximum Gasteiger partial charge on any atom is 0.411 e. The van der Waals surface area contributed by atoms with Crippen LogP contribution in [-0.4, -0.2) is 34.5 Å². The van der Waals surface area contributed by atoms with Crippen LogP contribution in [0.3, 0.4) is 0 Å². The van der Waals surface area contributed by atoms with E-state index in [4.69, 9.17) is 23.1 Å². The minimum absolute atomic E-state index is 0.324. The molecule has 10 heteroatoms. The maximum atomic E-state index is 14.3. The first-order valence-corrected chi connectivity index (χ1v) is 8.04. The molecule has 0 aliphatic carbocycles. The lowest BCUT2D eigenvalue weighted by molar-refractivity contribution is -0.288. The Hall–Kier alpha value is -3.92. The predicted octanol–water partition coefficient (Wildman–Crippen LogP) is 4.46. The molecule has 2 rings (SSSR count). The number of carboxylic acid groups (broad SMARTS) is 2. The first kappa shape index (κ1) is 23.4. The molecule has 0 heterocycles. The maximum absolute atomic E-state index is 14.3. The number of carboxylic acids is 2. The fourth-order valence-electron chi connectivity index (χ4n) is 3.16. The Balaban J connectivity index is 3.13. The lowest BCUT2D eigenvalue weighted by atomic mass is 9.69. The third kappa shape index (κ3) is 3.68. The van der Waals surface area contributed by atoms with Crippen molar-refractivity contribution in [3.8, 4) is 24.7 Å². The molecule has 2 N–H and O–H groups in total. The van der Waals surface area contributed by atoms with Gasteiger partial charge in [-0.05, 0) is 35.4 Å². The van der Waals surface area contributed by atoms with Gasteiger partial charge in [-0.1, -0.05) is 24.0 Å². The molecule has 0 aliphatic rings. The van der Waals surface area contributed by atoms with E-state index >= 15 is 0 Å².